The Labute approximate surface area is 195 Å². The van der Waals surface area contributed by atoms with E-state index >= 15 is 0 Å². The van der Waals surface area contributed by atoms with Crippen molar-refractivity contribution < 1.29 is 22.7 Å². The van der Waals surface area contributed by atoms with E-state index in [9.17, 15) is 18.5 Å². The first-order valence-electron chi connectivity index (χ1n) is 11.5. The molecule has 0 spiro atoms. The minimum atomic E-state index is -3.46. The number of hydrogen-bond donors (Lipinski definition) is 0. The Morgan fingerprint density at radius 2 is 2.03 bits per heavy atom. The quantitative estimate of drug-likeness (QED) is 0.594. The second-order valence-corrected chi connectivity index (χ2v) is 11.1. The molecule has 3 fully saturated rings. The van der Waals surface area contributed by atoms with Gasteiger partial charge in [-0.15, -0.1) is 0 Å². The van der Waals surface area contributed by atoms with Gasteiger partial charge in [0.05, 0.1) is 42.6 Å². The lowest BCUT2D eigenvalue weighted by molar-refractivity contribution is -0.155. The first-order valence-corrected chi connectivity index (χ1v) is 13.1. The molecule has 1 aromatic rings. The lowest BCUT2D eigenvalue weighted by Crippen LogP contribution is -2.69. The van der Waals surface area contributed by atoms with E-state index in [1.54, 1.807) is 13.2 Å². The van der Waals surface area contributed by atoms with Gasteiger partial charge in [0.2, 0.25) is 15.9 Å². The lowest BCUT2D eigenvalue weighted by atomic mass is 9.71. The molecular weight excluding hydrogens is 444 g/mol. The summed E-state index contributed by atoms with van der Waals surface area (Å²) in [4.78, 5) is 18.0. The van der Waals surface area contributed by atoms with E-state index in [2.05, 4.69) is 11.0 Å². The van der Waals surface area contributed by atoms with Crippen molar-refractivity contribution in [3.8, 4) is 6.07 Å². The highest BCUT2D eigenvalue weighted by atomic mass is 32.2. The molecular formula is C23H32N4O5S. The zero-order chi connectivity index (χ0) is 23.5. The third-order valence-corrected chi connectivity index (χ3v) is 9.02. The van der Waals surface area contributed by atoms with Crippen molar-refractivity contribution in [2.45, 2.75) is 25.4 Å². The SMILES string of the molecule is COCCN1[C@@H]2CCN(Cc3ccccc3C#N)C[C@@]2(C(=O)N2CCOCC2)CCS1(=O)=O. The van der Waals surface area contributed by atoms with Crippen molar-refractivity contribution in [2.75, 3.05) is 65.4 Å². The number of hydrogen-bond acceptors (Lipinski definition) is 7. The minimum Gasteiger partial charge on any atom is -0.383 e. The van der Waals surface area contributed by atoms with Crippen LogP contribution in [0, 0.1) is 16.7 Å². The first kappa shape index (κ1) is 24.1. The Morgan fingerprint density at radius 1 is 1.27 bits per heavy atom. The normalized spacial score (nSPS) is 28.1. The molecule has 9 nitrogen and oxygen atoms in total. The smallest absolute Gasteiger partial charge is 0.231 e. The minimum absolute atomic E-state index is 0.0198. The molecule has 3 aliphatic heterocycles. The number of carbonyl (C=O) groups is 1. The molecule has 3 saturated heterocycles. The molecule has 1 aromatic carbocycles. The maximum atomic E-state index is 14.0. The fraction of sp³-hybridized carbons (Fsp3) is 0.652. The number of nitriles is 1. The average molecular weight is 477 g/mol. The van der Waals surface area contributed by atoms with Crippen LogP contribution in [0.5, 0.6) is 0 Å². The topological polar surface area (TPSA) is 103 Å². The number of fused-ring (bicyclic) bond motifs is 1. The number of morpholine rings is 1. The number of carbonyl (C=O) groups excluding carboxylic acids is 1. The Morgan fingerprint density at radius 3 is 2.76 bits per heavy atom. The third kappa shape index (κ3) is 4.79. The van der Waals surface area contributed by atoms with Crippen LogP contribution in [0.25, 0.3) is 0 Å². The molecule has 4 rings (SSSR count). The van der Waals surface area contributed by atoms with Gasteiger partial charge in [0.1, 0.15) is 0 Å². The fourth-order valence-corrected chi connectivity index (χ4v) is 7.37. The molecule has 33 heavy (non-hydrogen) atoms. The Kier molecular flexibility index (Phi) is 7.36. The number of rotatable bonds is 6. The van der Waals surface area contributed by atoms with Crippen LogP contribution >= 0.6 is 0 Å². The van der Waals surface area contributed by atoms with E-state index in [1.807, 2.05) is 23.1 Å². The highest BCUT2D eigenvalue weighted by molar-refractivity contribution is 7.89. The monoisotopic (exact) mass is 476 g/mol. The number of methoxy groups -OCH3 is 1. The van der Waals surface area contributed by atoms with Crippen molar-refractivity contribution in [2.24, 2.45) is 5.41 Å². The number of ether oxygens (including phenoxy) is 2. The summed E-state index contributed by atoms with van der Waals surface area (Å²) in [6.45, 7) is 4.25. The Hall–Kier alpha value is -2.03. The van der Waals surface area contributed by atoms with Crippen LogP contribution in [0.15, 0.2) is 24.3 Å². The number of sulfonamides is 1. The highest BCUT2D eigenvalue weighted by Crippen LogP contribution is 2.44. The summed E-state index contributed by atoms with van der Waals surface area (Å²) in [6, 6.07) is 9.35. The van der Waals surface area contributed by atoms with Crippen LogP contribution in [0.1, 0.15) is 24.0 Å². The van der Waals surface area contributed by atoms with Gasteiger partial charge in [0.15, 0.2) is 0 Å². The van der Waals surface area contributed by atoms with E-state index in [1.165, 1.54) is 4.31 Å². The number of piperidine rings is 1. The standard InChI is InChI=1S/C23H32N4O5S/c1-31-12-11-27-21-6-8-25(17-20-5-3-2-4-19(20)16-24)18-23(21,7-15-33(27,29)30)22(28)26-9-13-32-14-10-26/h2-5,21H,6-15,17-18H2,1H3/t21-,23+/m1/s1. The summed E-state index contributed by atoms with van der Waals surface area (Å²) in [5, 5.41) is 9.49. The molecule has 1 amide bonds. The third-order valence-electron chi connectivity index (χ3n) is 7.15. The van der Waals surface area contributed by atoms with Crippen LogP contribution in [0.4, 0.5) is 0 Å². The van der Waals surface area contributed by atoms with Crippen LogP contribution in [0.2, 0.25) is 0 Å². The maximum Gasteiger partial charge on any atom is 0.231 e. The Bertz CT molecular complexity index is 1000. The van der Waals surface area contributed by atoms with Crippen molar-refractivity contribution in [1.82, 2.24) is 14.1 Å². The van der Waals surface area contributed by atoms with Gasteiger partial charge in [0.25, 0.3) is 0 Å². The number of benzene rings is 1. The van der Waals surface area contributed by atoms with Crippen LogP contribution in [-0.2, 0) is 30.8 Å². The van der Waals surface area contributed by atoms with Gasteiger partial charge in [-0.05, 0) is 24.5 Å². The summed E-state index contributed by atoms with van der Waals surface area (Å²) in [6.07, 6.45) is 0.865. The molecule has 180 valence electrons. The van der Waals surface area contributed by atoms with Gasteiger partial charge < -0.3 is 14.4 Å². The van der Waals surface area contributed by atoms with Crippen LogP contribution < -0.4 is 0 Å². The van der Waals surface area contributed by atoms with Gasteiger partial charge >= 0.3 is 0 Å². The van der Waals surface area contributed by atoms with E-state index in [-0.39, 0.29) is 24.8 Å². The second-order valence-electron chi connectivity index (χ2n) is 9.01. The maximum absolute atomic E-state index is 14.0. The Balaban J connectivity index is 1.66. The van der Waals surface area contributed by atoms with Gasteiger partial charge in [0, 0.05) is 52.4 Å². The van der Waals surface area contributed by atoms with Crippen molar-refractivity contribution in [1.29, 1.82) is 5.26 Å². The van der Waals surface area contributed by atoms with Gasteiger partial charge in [-0.1, -0.05) is 18.2 Å². The van der Waals surface area contributed by atoms with E-state index in [0.717, 1.165) is 5.56 Å². The second kappa shape index (κ2) is 10.1. The summed E-state index contributed by atoms with van der Waals surface area (Å²) in [5.41, 5.74) is 0.726. The summed E-state index contributed by atoms with van der Waals surface area (Å²) >= 11 is 0. The fourth-order valence-electron chi connectivity index (χ4n) is 5.47. The average Bonchev–Trinajstić information content (AvgIpc) is 2.84. The highest BCUT2D eigenvalue weighted by Gasteiger charge is 2.58. The molecule has 0 aliphatic carbocycles. The van der Waals surface area contributed by atoms with Crippen molar-refractivity contribution in [3.63, 3.8) is 0 Å². The number of nitrogens with zero attached hydrogens (tertiary/aromatic N) is 4. The molecule has 0 radical (unpaired) electrons. The summed E-state index contributed by atoms with van der Waals surface area (Å²) in [5.74, 6) is -0.0299. The zero-order valence-electron chi connectivity index (χ0n) is 19.1. The molecule has 0 N–H and O–H groups in total. The molecule has 3 aliphatic rings. The molecule has 2 atom stereocenters. The summed E-state index contributed by atoms with van der Waals surface area (Å²) < 4.78 is 38.2. The number of likely N-dealkylation sites (tertiary alicyclic amines) is 1. The van der Waals surface area contributed by atoms with Crippen LogP contribution in [0.3, 0.4) is 0 Å². The zero-order valence-corrected chi connectivity index (χ0v) is 19.9. The van der Waals surface area contributed by atoms with E-state index in [0.29, 0.717) is 64.3 Å². The lowest BCUT2D eigenvalue weighted by Gasteiger charge is -2.54. The molecule has 0 aromatic heterocycles. The number of amides is 1. The molecule has 0 bridgehead atoms. The molecule has 0 unspecified atom stereocenters. The van der Waals surface area contributed by atoms with E-state index < -0.39 is 21.5 Å². The summed E-state index contributed by atoms with van der Waals surface area (Å²) in [7, 11) is -1.91. The predicted octanol–water partition coefficient (Wildman–Crippen LogP) is 0.660. The van der Waals surface area contributed by atoms with Crippen molar-refractivity contribution in [3.05, 3.63) is 35.4 Å². The first-order chi connectivity index (χ1) is 15.9. The van der Waals surface area contributed by atoms with Crippen molar-refractivity contribution >= 4 is 15.9 Å². The molecule has 3 heterocycles. The predicted molar refractivity (Wildman–Crippen MR) is 122 cm³/mol. The van der Waals surface area contributed by atoms with Gasteiger partial charge in [-0.3, -0.25) is 9.69 Å². The van der Waals surface area contributed by atoms with Gasteiger partial charge in [-0.2, -0.15) is 9.57 Å². The molecule has 10 heteroatoms. The van der Waals surface area contributed by atoms with Gasteiger partial charge in [-0.25, -0.2) is 8.42 Å². The molecule has 0 saturated carbocycles. The van der Waals surface area contributed by atoms with E-state index in [4.69, 9.17) is 9.47 Å². The largest absolute Gasteiger partial charge is 0.383 e. The van der Waals surface area contributed by atoms with Crippen LogP contribution in [-0.4, -0.2) is 99.9 Å².